The number of para-hydroxylation sites is 2. The van der Waals surface area contributed by atoms with Crippen molar-refractivity contribution in [3.63, 3.8) is 0 Å². The molecule has 1 fully saturated rings. The van der Waals surface area contributed by atoms with Crippen LogP contribution in [0.15, 0.2) is 41.3 Å². The molecule has 1 unspecified atom stereocenters. The summed E-state index contributed by atoms with van der Waals surface area (Å²) in [4.78, 5) is 24.3. The fraction of sp³-hybridized carbons (Fsp3) is 0.440. The third kappa shape index (κ3) is 4.52. The van der Waals surface area contributed by atoms with Gasteiger partial charge in [0.05, 0.1) is 22.2 Å². The van der Waals surface area contributed by atoms with Crippen LogP contribution in [0.3, 0.4) is 0 Å². The van der Waals surface area contributed by atoms with Gasteiger partial charge >= 0.3 is 0 Å². The van der Waals surface area contributed by atoms with Crippen LogP contribution >= 0.6 is 11.6 Å². The normalized spacial score (nSPS) is 21.5. The Kier molecular flexibility index (Phi) is 7.13. The summed E-state index contributed by atoms with van der Waals surface area (Å²) in [6.45, 7) is 5.05. The molecule has 0 spiro atoms. The van der Waals surface area contributed by atoms with Crippen LogP contribution in [0.4, 0.5) is 11.4 Å². The number of halogens is 1. The van der Waals surface area contributed by atoms with Gasteiger partial charge in [0, 0.05) is 5.02 Å². The lowest BCUT2D eigenvalue weighted by molar-refractivity contribution is -0.128. The number of aryl methyl sites for hydroxylation is 2. The maximum Gasteiger partial charge on any atom is 0.267 e. The Morgan fingerprint density at radius 1 is 1.14 bits per heavy atom. The number of carbonyl (C=O) groups excluding carboxylic acids is 2. The molecule has 0 bridgehead atoms. The SMILES string of the molecule is Cc1cc(S(=O)(=O)[C@]2(C(CCC3CCNCC3)C(N)=O)Nc3ccccc3NC2=O)c(C)cc1Cl. The van der Waals surface area contributed by atoms with E-state index in [-0.39, 0.29) is 11.3 Å². The maximum atomic E-state index is 14.4. The molecule has 2 aromatic rings. The van der Waals surface area contributed by atoms with Crippen molar-refractivity contribution in [1.82, 2.24) is 5.32 Å². The van der Waals surface area contributed by atoms with Gasteiger partial charge < -0.3 is 21.7 Å². The van der Waals surface area contributed by atoms with Crippen molar-refractivity contribution in [3.8, 4) is 0 Å². The Labute approximate surface area is 210 Å². The molecule has 2 atom stereocenters. The van der Waals surface area contributed by atoms with Gasteiger partial charge in [0.1, 0.15) is 0 Å². The smallest absolute Gasteiger partial charge is 0.267 e. The highest BCUT2D eigenvalue weighted by Crippen LogP contribution is 2.44. The number of amides is 2. The molecule has 2 aliphatic heterocycles. The van der Waals surface area contributed by atoms with Crippen LogP contribution in [0.2, 0.25) is 5.02 Å². The number of nitrogens with one attached hydrogen (secondary N) is 3. The van der Waals surface area contributed by atoms with E-state index >= 15 is 0 Å². The lowest BCUT2D eigenvalue weighted by Crippen LogP contribution is -2.65. The fourth-order valence-corrected chi connectivity index (χ4v) is 7.66. The van der Waals surface area contributed by atoms with Crippen LogP contribution in [-0.2, 0) is 19.4 Å². The topological polar surface area (TPSA) is 130 Å². The van der Waals surface area contributed by atoms with Gasteiger partial charge in [-0.25, -0.2) is 8.42 Å². The second-order valence-electron chi connectivity index (χ2n) is 9.46. The van der Waals surface area contributed by atoms with E-state index in [0.29, 0.717) is 39.9 Å². The number of sulfone groups is 1. The van der Waals surface area contributed by atoms with E-state index in [4.69, 9.17) is 17.3 Å². The molecule has 2 amide bonds. The summed E-state index contributed by atoms with van der Waals surface area (Å²) in [6.07, 6.45) is 2.58. The summed E-state index contributed by atoms with van der Waals surface area (Å²) in [7, 11) is -4.48. The Hall–Kier alpha value is -2.62. The van der Waals surface area contributed by atoms with Crippen molar-refractivity contribution in [2.75, 3.05) is 23.7 Å². The van der Waals surface area contributed by atoms with E-state index in [2.05, 4.69) is 16.0 Å². The highest BCUT2D eigenvalue weighted by molar-refractivity contribution is 7.94. The number of benzene rings is 2. The minimum Gasteiger partial charge on any atom is -0.369 e. The first-order chi connectivity index (χ1) is 16.6. The lowest BCUT2D eigenvalue weighted by atomic mass is 9.84. The molecule has 8 nitrogen and oxygen atoms in total. The molecule has 2 heterocycles. The third-order valence-corrected chi connectivity index (χ3v) is 10.0. The van der Waals surface area contributed by atoms with Crippen molar-refractivity contribution in [2.24, 2.45) is 17.6 Å². The second-order valence-corrected chi connectivity index (χ2v) is 12.0. The molecular weight excluding hydrogens is 488 g/mol. The maximum absolute atomic E-state index is 14.4. The quantitative estimate of drug-likeness (QED) is 0.444. The summed E-state index contributed by atoms with van der Waals surface area (Å²) in [5.41, 5.74) is 7.64. The van der Waals surface area contributed by atoms with Gasteiger partial charge in [-0.2, -0.15) is 0 Å². The van der Waals surface area contributed by atoms with E-state index < -0.39 is 32.4 Å². The standard InChI is InChI=1S/C25H31ClN4O4S/c1-15-14-22(16(2)13-19(15)26)35(33,34)25(24(32)29-20-5-3-4-6-21(20)30-25)18(23(27)31)8-7-17-9-11-28-12-10-17/h3-6,13-14,17-18,28,30H,7-12H2,1-2H3,(H2,27,31)(H,29,32)/t18?,25-/m0/s1. The van der Waals surface area contributed by atoms with Crippen molar-refractivity contribution >= 4 is 44.6 Å². The number of piperidine rings is 1. The summed E-state index contributed by atoms with van der Waals surface area (Å²) < 4.78 is 28.9. The molecule has 0 aliphatic carbocycles. The number of fused-ring (bicyclic) bond motifs is 1. The number of nitrogens with two attached hydrogens (primary N) is 1. The van der Waals surface area contributed by atoms with Crippen molar-refractivity contribution in [1.29, 1.82) is 0 Å². The molecule has 188 valence electrons. The van der Waals surface area contributed by atoms with Crippen molar-refractivity contribution < 1.29 is 18.0 Å². The van der Waals surface area contributed by atoms with Crippen LogP contribution < -0.4 is 21.7 Å². The molecule has 0 aromatic heterocycles. The van der Waals surface area contributed by atoms with E-state index in [1.165, 1.54) is 6.07 Å². The number of hydrogen-bond acceptors (Lipinski definition) is 6. The van der Waals surface area contributed by atoms with Gasteiger partial charge in [0.25, 0.3) is 5.91 Å². The van der Waals surface area contributed by atoms with Gasteiger partial charge in [-0.1, -0.05) is 23.7 Å². The Bertz CT molecular complexity index is 1260. The van der Waals surface area contributed by atoms with E-state index in [0.717, 1.165) is 25.9 Å². The molecule has 35 heavy (non-hydrogen) atoms. The zero-order valence-corrected chi connectivity index (χ0v) is 21.4. The molecule has 5 N–H and O–H groups in total. The van der Waals surface area contributed by atoms with E-state index in [1.54, 1.807) is 44.2 Å². The Balaban J connectivity index is 1.87. The minimum atomic E-state index is -4.48. The Morgan fingerprint density at radius 2 is 1.80 bits per heavy atom. The summed E-state index contributed by atoms with van der Waals surface area (Å²) in [6, 6.07) is 9.81. The van der Waals surface area contributed by atoms with Crippen molar-refractivity contribution in [2.45, 2.75) is 49.3 Å². The van der Waals surface area contributed by atoms with Crippen LogP contribution in [-0.4, -0.2) is 38.2 Å². The average Bonchev–Trinajstić information content (AvgIpc) is 2.82. The summed E-state index contributed by atoms with van der Waals surface area (Å²) >= 11 is 6.23. The molecule has 4 rings (SSSR count). The molecule has 2 aromatic carbocycles. The highest BCUT2D eigenvalue weighted by atomic mass is 35.5. The molecule has 0 radical (unpaired) electrons. The van der Waals surface area contributed by atoms with Gasteiger partial charge in [0.15, 0.2) is 0 Å². The molecule has 2 aliphatic rings. The van der Waals surface area contributed by atoms with Crippen LogP contribution in [0.1, 0.15) is 36.8 Å². The zero-order valence-electron chi connectivity index (χ0n) is 19.9. The molecular formula is C25H31ClN4O4S. The van der Waals surface area contributed by atoms with Crippen molar-refractivity contribution in [3.05, 3.63) is 52.5 Å². The zero-order chi connectivity index (χ0) is 25.4. The first kappa shape index (κ1) is 25.5. The number of carbonyl (C=O) groups is 2. The lowest BCUT2D eigenvalue weighted by Gasteiger charge is -2.42. The first-order valence-corrected chi connectivity index (χ1v) is 13.6. The van der Waals surface area contributed by atoms with Crippen LogP contribution in [0.25, 0.3) is 0 Å². The van der Waals surface area contributed by atoms with Gasteiger partial charge in [-0.3, -0.25) is 9.59 Å². The predicted octanol–water partition coefficient (Wildman–Crippen LogP) is 3.37. The van der Waals surface area contributed by atoms with Gasteiger partial charge in [0.2, 0.25) is 20.6 Å². The highest BCUT2D eigenvalue weighted by Gasteiger charge is 2.61. The number of anilines is 2. The summed E-state index contributed by atoms with van der Waals surface area (Å²) in [5.74, 6) is -2.65. The number of primary amides is 1. The molecule has 1 saturated heterocycles. The van der Waals surface area contributed by atoms with E-state index in [9.17, 15) is 18.0 Å². The summed E-state index contributed by atoms with van der Waals surface area (Å²) in [5, 5.41) is 9.42. The number of rotatable bonds is 7. The number of hydrogen-bond donors (Lipinski definition) is 4. The second kappa shape index (κ2) is 9.79. The fourth-order valence-electron chi connectivity index (χ4n) is 5.13. The third-order valence-electron chi connectivity index (χ3n) is 7.16. The minimum absolute atomic E-state index is 0.0606. The largest absolute Gasteiger partial charge is 0.369 e. The van der Waals surface area contributed by atoms with Gasteiger partial charge in [-0.05, 0) is 93.9 Å². The Morgan fingerprint density at radius 3 is 2.46 bits per heavy atom. The van der Waals surface area contributed by atoms with Crippen LogP contribution in [0.5, 0.6) is 0 Å². The predicted molar refractivity (Wildman–Crippen MR) is 137 cm³/mol. The molecule has 10 heteroatoms. The average molecular weight is 519 g/mol. The monoisotopic (exact) mass is 518 g/mol. The van der Waals surface area contributed by atoms with Gasteiger partial charge in [-0.15, -0.1) is 0 Å². The van der Waals surface area contributed by atoms with E-state index in [1.807, 2.05) is 0 Å². The van der Waals surface area contributed by atoms with Crippen LogP contribution in [0, 0.1) is 25.7 Å². The first-order valence-electron chi connectivity index (χ1n) is 11.8. The molecule has 0 saturated carbocycles.